The molecule has 184 valence electrons. The Morgan fingerprint density at radius 3 is 2.86 bits per heavy atom. The molecule has 3 N–H and O–H groups in total. The molecule has 3 aliphatic rings. The molecule has 6 unspecified atom stereocenters. The van der Waals surface area contributed by atoms with E-state index in [9.17, 15) is 9.18 Å². The van der Waals surface area contributed by atoms with Gasteiger partial charge >= 0.3 is 0 Å². The number of aromatic nitrogens is 4. The number of fused-ring (bicyclic) bond motifs is 2. The van der Waals surface area contributed by atoms with Crippen LogP contribution in [0.2, 0.25) is 0 Å². The molecule has 3 aromatic heterocycles. The van der Waals surface area contributed by atoms with Crippen molar-refractivity contribution in [3.8, 4) is 0 Å². The van der Waals surface area contributed by atoms with Crippen LogP contribution in [-0.2, 0) is 4.79 Å². The van der Waals surface area contributed by atoms with Crippen molar-refractivity contribution in [2.45, 2.75) is 42.1 Å². The molecule has 0 radical (unpaired) electrons. The molecule has 8 atom stereocenters. The van der Waals surface area contributed by atoms with Crippen LogP contribution in [0.1, 0.15) is 17.9 Å². The van der Waals surface area contributed by atoms with E-state index in [-0.39, 0.29) is 30.2 Å². The molecule has 0 aromatic carbocycles. The van der Waals surface area contributed by atoms with Crippen LogP contribution in [0.15, 0.2) is 43.1 Å². The molecule has 9 nitrogen and oxygen atoms in total. The fourth-order valence-electron chi connectivity index (χ4n) is 5.49. The Morgan fingerprint density at radius 1 is 1.29 bits per heavy atom. The van der Waals surface area contributed by atoms with Gasteiger partial charge in [-0.05, 0) is 30.0 Å². The molecule has 35 heavy (non-hydrogen) atoms. The number of carbonyl (C=O) groups excluding carboxylic acids is 1. The molecule has 1 aliphatic heterocycles. The number of halogens is 3. The second-order valence-corrected chi connectivity index (χ2v) is 10.0. The number of amides is 1. The summed E-state index contributed by atoms with van der Waals surface area (Å²) < 4.78 is 30.9. The number of hydrogen-bond acceptors (Lipinski definition) is 7. The molecule has 12 heteroatoms. The molecular weight excluding hydrogens is 478 g/mol. The quantitative estimate of drug-likeness (QED) is 0.459. The summed E-state index contributed by atoms with van der Waals surface area (Å²) >= 11 is 6.83. The zero-order valence-corrected chi connectivity index (χ0v) is 19.6. The summed E-state index contributed by atoms with van der Waals surface area (Å²) in [7, 11) is 1.82. The maximum absolute atomic E-state index is 15.9. The summed E-state index contributed by atoms with van der Waals surface area (Å²) in [6.45, 7) is 0.633. The van der Waals surface area contributed by atoms with Crippen molar-refractivity contribution in [2.75, 3.05) is 23.8 Å². The second-order valence-electron chi connectivity index (χ2n) is 9.50. The summed E-state index contributed by atoms with van der Waals surface area (Å²) in [5.74, 6) is -0.215. The van der Waals surface area contributed by atoms with Gasteiger partial charge in [-0.3, -0.25) is 15.6 Å². The van der Waals surface area contributed by atoms with Crippen molar-refractivity contribution in [1.82, 2.24) is 30.2 Å². The Morgan fingerprint density at radius 2 is 2.11 bits per heavy atom. The van der Waals surface area contributed by atoms with Crippen molar-refractivity contribution >= 4 is 34.8 Å². The Kier molecular flexibility index (Phi) is 5.58. The zero-order chi connectivity index (χ0) is 24.3. The number of anilines is 2. The Balaban J connectivity index is 1.28. The lowest BCUT2D eigenvalue weighted by Crippen LogP contribution is -2.62. The van der Waals surface area contributed by atoms with Gasteiger partial charge in [0.2, 0.25) is 5.91 Å². The standard InChI is InChI=1S/C23H25ClF2N8O/c1-33(16-4-5-27-10-28-16)22-20(26)19(24)18(13-7-29-32-21(13)22)11-2-3-17-30-15(9-34(17)8-11)31-23(35)12-6-14(12)25/h2-5,8-10,12-14,18-22,29,32H,6-7H2,1H3,(H,31,35)/t12-,13?,14+,18?,19?,20?,21?,22?/m1/s1. The maximum Gasteiger partial charge on any atom is 0.231 e. The maximum atomic E-state index is 15.9. The second kappa shape index (κ2) is 8.65. The minimum atomic E-state index is -1.34. The van der Waals surface area contributed by atoms with Crippen molar-refractivity contribution in [1.29, 1.82) is 0 Å². The monoisotopic (exact) mass is 502 g/mol. The van der Waals surface area contributed by atoms with Gasteiger partial charge in [-0.1, -0.05) is 6.07 Å². The van der Waals surface area contributed by atoms with Crippen LogP contribution in [0.5, 0.6) is 0 Å². The zero-order valence-electron chi connectivity index (χ0n) is 18.9. The van der Waals surface area contributed by atoms with E-state index in [4.69, 9.17) is 11.6 Å². The first-order valence-corrected chi connectivity index (χ1v) is 12.0. The summed E-state index contributed by atoms with van der Waals surface area (Å²) in [5.41, 5.74) is 7.96. The van der Waals surface area contributed by atoms with Gasteiger partial charge in [-0.15, -0.1) is 11.6 Å². The fraction of sp³-hybridized carbons (Fsp3) is 0.478. The number of imidazole rings is 1. The fourth-order valence-corrected chi connectivity index (χ4v) is 5.97. The molecule has 2 aliphatic carbocycles. The SMILES string of the molecule is CN(c1ccncn1)C1C(F)C(Cl)C(c2ccc3nc(NC(=O)[C@@H]4C[C@@H]4F)cn3c2)C2CNNC21. The number of hydrogen-bond donors (Lipinski definition) is 3. The summed E-state index contributed by atoms with van der Waals surface area (Å²) in [6, 6.07) is 4.75. The van der Waals surface area contributed by atoms with Gasteiger partial charge < -0.3 is 14.6 Å². The van der Waals surface area contributed by atoms with Gasteiger partial charge in [-0.25, -0.2) is 23.7 Å². The van der Waals surface area contributed by atoms with E-state index in [0.29, 0.717) is 23.8 Å². The average molecular weight is 503 g/mol. The van der Waals surface area contributed by atoms with Gasteiger partial charge in [0.15, 0.2) is 5.82 Å². The van der Waals surface area contributed by atoms with E-state index in [1.54, 1.807) is 22.9 Å². The lowest BCUT2D eigenvalue weighted by Gasteiger charge is -2.47. The highest BCUT2D eigenvalue weighted by molar-refractivity contribution is 6.21. The first-order valence-electron chi connectivity index (χ1n) is 11.6. The molecule has 3 fully saturated rings. The number of carbonyl (C=O) groups is 1. The number of nitrogens with zero attached hydrogens (tertiary/aromatic N) is 5. The Hall–Kier alpha value is -2.89. The number of rotatable bonds is 5. The molecule has 1 saturated heterocycles. The predicted molar refractivity (Wildman–Crippen MR) is 127 cm³/mol. The van der Waals surface area contributed by atoms with Crippen LogP contribution in [0.25, 0.3) is 5.65 Å². The van der Waals surface area contributed by atoms with Gasteiger partial charge in [0, 0.05) is 37.9 Å². The molecule has 4 heterocycles. The Labute approximate surface area is 205 Å². The van der Waals surface area contributed by atoms with E-state index in [0.717, 1.165) is 5.56 Å². The summed E-state index contributed by atoms with van der Waals surface area (Å²) in [5, 5.41) is 1.90. The number of pyridine rings is 1. The van der Waals surface area contributed by atoms with Crippen molar-refractivity contribution in [3.05, 3.63) is 48.7 Å². The lowest BCUT2D eigenvalue weighted by atomic mass is 9.70. The van der Waals surface area contributed by atoms with E-state index in [1.165, 1.54) is 6.33 Å². The Bertz CT molecular complexity index is 1240. The van der Waals surface area contributed by atoms with E-state index in [2.05, 4.69) is 31.1 Å². The van der Waals surface area contributed by atoms with Crippen LogP contribution < -0.4 is 21.1 Å². The largest absolute Gasteiger partial charge is 0.352 e. The highest BCUT2D eigenvalue weighted by Crippen LogP contribution is 2.45. The molecule has 0 bridgehead atoms. The number of hydrazine groups is 1. The predicted octanol–water partition coefficient (Wildman–Crippen LogP) is 2.06. The van der Waals surface area contributed by atoms with Crippen LogP contribution in [0, 0.1) is 11.8 Å². The van der Waals surface area contributed by atoms with Crippen LogP contribution in [0.3, 0.4) is 0 Å². The third-order valence-corrected chi connectivity index (χ3v) is 7.92. The lowest BCUT2D eigenvalue weighted by molar-refractivity contribution is -0.117. The smallest absolute Gasteiger partial charge is 0.231 e. The van der Waals surface area contributed by atoms with Gasteiger partial charge in [0.1, 0.15) is 30.1 Å². The molecule has 1 amide bonds. The van der Waals surface area contributed by atoms with E-state index in [1.807, 2.05) is 30.3 Å². The third-order valence-electron chi connectivity index (χ3n) is 7.40. The van der Waals surface area contributed by atoms with Crippen molar-refractivity contribution in [3.63, 3.8) is 0 Å². The highest BCUT2D eigenvalue weighted by atomic mass is 35.5. The van der Waals surface area contributed by atoms with E-state index < -0.39 is 29.7 Å². The summed E-state index contributed by atoms with van der Waals surface area (Å²) in [4.78, 5) is 26.5. The number of likely N-dealkylation sites (N-methyl/N-ethyl adjacent to an activating group) is 1. The molecule has 3 aromatic rings. The number of alkyl halides is 3. The van der Waals surface area contributed by atoms with Gasteiger partial charge in [-0.2, -0.15) is 0 Å². The highest BCUT2D eigenvalue weighted by Gasteiger charge is 2.54. The third kappa shape index (κ3) is 3.91. The molecule has 2 saturated carbocycles. The van der Waals surface area contributed by atoms with Gasteiger partial charge in [0.25, 0.3) is 0 Å². The van der Waals surface area contributed by atoms with Gasteiger partial charge in [0.05, 0.1) is 23.5 Å². The van der Waals surface area contributed by atoms with E-state index >= 15 is 4.39 Å². The van der Waals surface area contributed by atoms with Crippen LogP contribution in [-0.4, -0.2) is 68.7 Å². The molecule has 0 spiro atoms. The molecular formula is C23H25ClF2N8O. The molecule has 6 rings (SSSR count). The summed E-state index contributed by atoms with van der Waals surface area (Å²) in [6.07, 6.45) is 4.48. The minimum Gasteiger partial charge on any atom is -0.352 e. The first kappa shape index (κ1) is 22.6. The average Bonchev–Trinajstić information content (AvgIpc) is 3.22. The van der Waals surface area contributed by atoms with Crippen molar-refractivity contribution in [2.24, 2.45) is 11.8 Å². The topological polar surface area (TPSA) is 99.5 Å². The number of nitrogens with one attached hydrogen (secondary N) is 3. The van der Waals surface area contributed by atoms with Crippen LogP contribution >= 0.6 is 11.6 Å². The van der Waals surface area contributed by atoms with Crippen LogP contribution in [0.4, 0.5) is 20.4 Å². The minimum absolute atomic E-state index is 0.0234. The first-order chi connectivity index (χ1) is 16.9. The normalized spacial score (nSPS) is 33.9. The van der Waals surface area contributed by atoms with Crippen molar-refractivity contribution < 1.29 is 13.6 Å².